The molecule has 0 N–H and O–H groups in total. The molecule has 2 aromatic rings. The van der Waals surface area contributed by atoms with Gasteiger partial charge < -0.3 is 4.84 Å². The number of rotatable bonds is 4. The van der Waals surface area contributed by atoms with Gasteiger partial charge in [0, 0.05) is 21.7 Å². The average Bonchev–Trinajstić information content (AvgIpc) is 2.38. The van der Waals surface area contributed by atoms with Crippen molar-refractivity contribution in [2.24, 2.45) is 5.16 Å². The Morgan fingerprint density at radius 2 is 1.95 bits per heavy atom. The topological polar surface area (TPSA) is 21.6 Å². The van der Waals surface area contributed by atoms with E-state index in [2.05, 4.69) is 21.1 Å². The van der Waals surface area contributed by atoms with Crippen LogP contribution in [0.15, 0.2) is 52.1 Å². The molecule has 0 atom stereocenters. The number of hydrogen-bond donors (Lipinski definition) is 0. The highest BCUT2D eigenvalue weighted by molar-refractivity contribution is 9.10. The number of oxime groups is 1. The Bertz CT molecular complexity index is 602. The molecule has 19 heavy (non-hydrogen) atoms. The van der Waals surface area contributed by atoms with Crippen molar-refractivity contribution < 1.29 is 13.6 Å². The van der Waals surface area contributed by atoms with Crippen LogP contribution in [0.25, 0.3) is 0 Å². The first-order valence-corrected chi connectivity index (χ1v) is 6.30. The van der Waals surface area contributed by atoms with Crippen LogP contribution in [0.1, 0.15) is 11.1 Å². The second-order valence-corrected chi connectivity index (χ2v) is 4.62. The van der Waals surface area contributed by atoms with Gasteiger partial charge in [-0.3, -0.25) is 0 Å². The fourth-order valence-corrected chi connectivity index (χ4v) is 1.81. The Hall–Kier alpha value is -1.75. The van der Waals surface area contributed by atoms with Crippen molar-refractivity contribution in [2.75, 3.05) is 0 Å². The monoisotopic (exact) mass is 325 g/mol. The number of halogens is 3. The lowest BCUT2D eigenvalue weighted by molar-refractivity contribution is 0.129. The first kappa shape index (κ1) is 13.7. The van der Waals surface area contributed by atoms with Crippen molar-refractivity contribution in [3.8, 4) is 0 Å². The molecular weight excluding hydrogens is 316 g/mol. The molecule has 0 aromatic heterocycles. The van der Waals surface area contributed by atoms with Gasteiger partial charge in [-0.2, -0.15) is 0 Å². The van der Waals surface area contributed by atoms with E-state index in [-0.39, 0.29) is 12.2 Å². The molecule has 2 nitrogen and oxygen atoms in total. The highest BCUT2D eigenvalue weighted by atomic mass is 79.9. The quantitative estimate of drug-likeness (QED) is 0.607. The van der Waals surface area contributed by atoms with Crippen molar-refractivity contribution in [3.05, 3.63) is 69.7 Å². The van der Waals surface area contributed by atoms with Gasteiger partial charge in [-0.1, -0.05) is 39.3 Å². The molecule has 0 radical (unpaired) electrons. The van der Waals surface area contributed by atoms with Crippen molar-refractivity contribution >= 4 is 22.1 Å². The summed E-state index contributed by atoms with van der Waals surface area (Å²) >= 11 is 3.36. The predicted octanol–water partition coefficient (Wildman–Crippen LogP) is 4.28. The smallest absolute Gasteiger partial charge is 0.145 e. The molecule has 0 amide bonds. The summed E-state index contributed by atoms with van der Waals surface area (Å²) in [5, 5.41) is 3.75. The highest BCUT2D eigenvalue weighted by Gasteiger charge is 2.03. The van der Waals surface area contributed by atoms with Crippen LogP contribution in [0, 0.1) is 11.6 Å². The van der Waals surface area contributed by atoms with Crippen LogP contribution in [0.3, 0.4) is 0 Å². The first-order chi connectivity index (χ1) is 9.16. The summed E-state index contributed by atoms with van der Waals surface area (Å²) < 4.78 is 26.9. The number of benzene rings is 2. The maximum absolute atomic E-state index is 13.3. The largest absolute Gasteiger partial charge is 0.391 e. The lowest BCUT2D eigenvalue weighted by atomic mass is 10.2. The third-order valence-corrected chi connectivity index (χ3v) is 3.13. The van der Waals surface area contributed by atoms with Gasteiger partial charge in [0.05, 0.1) is 6.21 Å². The summed E-state index contributed by atoms with van der Waals surface area (Å²) in [4.78, 5) is 4.99. The van der Waals surface area contributed by atoms with E-state index in [1.54, 1.807) is 0 Å². The zero-order valence-electron chi connectivity index (χ0n) is 9.82. The summed E-state index contributed by atoms with van der Waals surface area (Å²) in [5.41, 5.74) is 1.10. The fourth-order valence-electron chi connectivity index (χ4n) is 1.42. The van der Waals surface area contributed by atoms with Crippen molar-refractivity contribution in [2.45, 2.75) is 6.61 Å². The maximum Gasteiger partial charge on any atom is 0.145 e. The number of nitrogens with zero attached hydrogens (tertiary/aromatic N) is 1. The highest BCUT2D eigenvalue weighted by Crippen LogP contribution is 2.14. The van der Waals surface area contributed by atoms with E-state index in [0.29, 0.717) is 0 Å². The van der Waals surface area contributed by atoms with E-state index in [0.717, 1.165) is 16.1 Å². The van der Waals surface area contributed by atoms with E-state index in [1.165, 1.54) is 18.3 Å². The van der Waals surface area contributed by atoms with Crippen LogP contribution < -0.4 is 0 Å². The van der Waals surface area contributed by atoms with Gasteiger partial charge in [0.1, 0.15) is 18.2 Å². The van der Waals surface area contributed by atoms with Gasteiger partial charge in [0.15, 0.2) is 0 Å². The van der Waals surface area contributed by atoms with Gasteiger partial charge in [0.25, 0.3) is 0 Å². The molecule has 0 bridgehead atoms. The van der Waals surface area contributed by atoms with E-state index >= 15 is 0 Å². The lowest BCUT2D eigenvalue weighted by Crippen LogP contribution is -1.93. The molecule has 0 fully saturated rings. The van der Waals surface area contributed by atoms with Crippen LogP contribution in [0.4, 0.5) is 8.78 Å². The molecule has 98 valence electrons. The minimum absolute atomic E-state index is 0.0485. The van der Waals surface area contributed by atoms with Crippen LogP contribution in [-0.2, 0) is 11.4 Å². The molecule has 0 spiro atoms. The van der Waals surface area contributed by atoms with Crippen molar-refractivity contribution in [1.82, 2.24) is 0 Å². The second kappa shape index (κ2) is 6.43. The van der Waals surface area contributed by atoms with Crippen LogP contribution in [0.5, 0.6) is 0 Å². The normalized spacial score (nSPS) is 10.9. The van der Waals surface area contributed by atoms with Crippen LogP contribution in [-0.4, -0.2) is 6.21 Å². The van der Waals surface area contributed by atoms with Crippen molar-refractivity contribution in [3.63, 3.8) is 0 Å². The molecule has 5 heteroatoms. The first-order valence-electron chi connectivity index (χ1n) is 5.50. The summed E-state index contributed by atoms with van der Waals surface area (Å²) in [5.74, 6) is -1.26. The molecule has 2 aromatic carbocycles. The SMILES string of the molecule is Fc1ccc(CON=Cc2ccccc2Br)c(F)c1. The summed E-state index contributed by atoms with van der Waals surface area (Å²) in [6, 6.07) is 10.8. The molecule has 2 rings (SSSR count). The Balaban J connectivity index is 1.95. The summed E-state index contributed by atoms with van der Waals surface area (Å²) in [7, 11) is 0. The maximum atomic E-state index is 13.3. The Morgan fingerprint density at radius 1 is 1.16 bits per heavy atom. The molecule has 0 heterocycles. The fraction of sp³-hybridized carbons (Fsp3) is 0.0714. The van der Waals surface area contributed by atoms with Crippen LogP contribution in [0.2, 0.25) is 0 Å². The van der Waals surface area contributed by atoms with Crippen LogP contribution >= 0.6 is 15.9 Å². The van der Waals surface area contributed by atoms with Gasteiger partial charge in [-0.15, -0.1) is 0 Å². The Morgan fingerprint density at radius 3 is 2.68 bits per heavy atom. The molecule has 0 saturated heterocycles. The third kappa shape index (κ3) is 3.86. The van der Waals surface area contributed by atoms with Gasteiger partial charge in [-0.25, -0.2) is 8.78 Å². The summed E-state index contributed by atoms with van der Waals surface area (Å²) in [6.07, 6.45) is 1.52. The van der Waals surface area contributed by atoms with Crippen molar-refractivity contribution in [1.29, 1.82) is 0 Å². The lowest BCUT2D eigenvalue weighted by Gasteiger charge is -2.02. The molecule has 0 saturated carbocycles. The van der Waals surface area contributed by atoms with E-state index in [1.807, 2.05) is 24.3 Å². The Kier molecular flexibility index (Phi) is 4.63. The summed E-state index contributed by atoms with van der Waals surface area (Å²) in [6.45, 7) is -0.0485. The van der Waals surface area contributed by atoms with E-state index in [9.17, 15) is 8.78 Å². The number of hydrogen-bond acceptors (Lipinski definition) is 2. The van der Waals surface area contributed by atoms with E-state index in [4.69, 9.17) is 4.84 Å². The molecule has 0 aliphatic carbocycles. The van der Waals surface area contributed by atoms with Gasteiger partial charge in [-0.05, 0) is 18.2 Å². The zero-order chi connectivity index (χ0) is 13.7. The average molecular weight is 326 g/mol. The second-order valence-electron chi connectivity index (χ2n) is 3.77. The molecular formula is C14H10BrF2NO. The zero-order valence-corrected chi connectivity index (χ0v) is 11.4. The molecule has 0 unspecified atom stereocenters. The Labute approximate surface area is 117 Å². The predicted molar refractivity (Wildman–Crippen MR) is 72.9 cm³/mol. The van der Waals surface area contributed by atoms with Gasteiger partial charge >= 0.3 is 0 Å². The van der Waals surface area contributed by atoms with Gasteiger partial charge in [0.2, 0.25) is 0 Å². The molecule has 0 aliphatic rings. The molecule has 0 aliphatic heterocycles. The standard InChI is InChI=1S/C14H10BrF2NO/c15-13-4-2-1-3-10(13)8-18-19-9-11-5-6-12(16)7-14(11)17/h1-8H,9H2. The minimum atomic E-state index is -0.643. The third-order valence-electron chi connectivity index (χ3n) is 2.41. The van der Waals surface area contributed by atoms with E-state index < -0.39 is 11.6 Å². The minimum Gasteiger partial charge on any atom is -0.391 e.